The van der Waals surface area contributed by atoms with Crippen molar-refractivity contribution in [3.05, 3.63) is 53.4 Å². The molecule has 0 aliphatic carbocycles. The van der Waals surface area contributed by atoms with Gasteiger partial charge in [-0.05, 0) is 45.0 Å². The van der Waals surface area contributed by atoms with E-state index < -0.39 is 12.6 Å². The molecule has 0 bridgehead atoms. The normalized spacial score (nSPS) is 10.9. The van der Waals surface area contributed by atoms with Crippen LogP contribution in [0.15, 0.2) is 30.6 Å². The number of ether oxygens (including phenoxy) is 1. The highest BCUT2D eigenvalue weighted by atomic mass is 19.1. The molecule has 2 aromatic heterocycles. The molecule has 0 atom stereocenters. The van der Waals surface area contributed by atoms with Crippen LogP contribution < -0.4 is 4.90 Å². The molecule has 1 amide bonds. The average Bonchev–Trinajstić information content (AvgIpc) is 3.14. The highest BCUT2D eigenvalue weighted by Crippen LogP contribution is 2.16. The molecule has 0 aliphatic heterocycles. The zero-order valence-electron chi connectivity index (χ0n) is 15.8. The molecule has 0 radical (unpaired) electrons. The molecule has 0 unspecified atom stereocenters. The van der Waals surface area contributed by atoms with Gasteiger partial charge in [0.15, 0.2) is 6.61 Å². The van der Waals surface area contributed by atoms with Crippen molar-refractivity contribution in [2.75, 3.05) is 18.1 Å². The van der Waals surface area contributed by atoms with E-state index in [-0.39, 0.29) is 18.1 Å². The first kappa shape index (κ1) is 19.4. The summed E-state index contributed by atoms with van der Waals surface area (Å²) >= 11 is 0. The van der Waals surface area contributed by atoms with Crippen LogP contribution in [0.3, 0.4) is 0 Å². The first-order valence-corrected chi connectivity index (χ1v) is 8.78. The largest absolute Gasteiger partial charge is 0.455 e. The molecule has 8 nitrogen and oxygen atoms in total. The monoisotopic (exact) mass is 385 g/mol. The Morgan fingerprint density at radius 2 is 1.93 bits per heavy atom. The first-order chi connectivity index (χ1) is 13.4. The Hall–Kier alpha value is -3.36. The van der Waals surface area contributed by atoms with E-state index in [1.54, 1.807) is 18.4 Å². The molecular formula is C19H20FN5O3. The molecule has 2 heterocycles. The van der Waals surface area contributed by atoms with Crippen molar-refractivity contribution >= 4 is 23.3 Å². The molecule has 9 heteroatoms. The van der Waals surface area contributed by atoms with Crippen molar-refractivity contribution in [1.29, 1.82) is 0 Å². The molecule has 0 fully saturated rings. The third-order valence-corrected chi connectivity index (χ3v) is 4.42. The number of esters is 1. The minimum atomic E-state index is -0.545. The van der Waals surface area contributed by atoms with Crippen LogP contribution in [0.1, 0.15) is 23.9 Å². The number of likely N-dealkylation sites (N-methyl/N-ethyl adjacent to an activating group) is 1. The Morgan fingerprint density at radius 1 is 1.21 bits per heavy atom. The van der Waals surface area contributed by atoms with Crippen LogP contribution in [0.4, 0.5) is 10.1 Å². The molecule has 28 heavy (non-hydrogen) atoms. The molecule has 0 spiro atoms. The van der Waals surface area contributed by atoms with Gasteiger partial charge in [-0.3, -0.25) is 9.59 Å². The standard InChI is InChI=1S/C19H20FN5O3/c1-4-24(15-7-5-14(20)6-8-15)17(26)10-28-18(27)9-16-12(2)23-19-21-11-22-25(19)13(16)3/h5-8,11H,4,9-10H2,1-3H3. The number of amides is 1. The summed E-state index contributed by atoms with van der Waals surface area (Å²) in [6.07, 6.45) is 1.36. The number of carbonyl (C=O) groups is 2. The lowest BCUT2D eigenvalue weighted by Gasteiger charge is -2.21. The fourth-order valence-electron chi connectivity index (χ4n) is 2.95. The van der Waals surface area contributed by atoms with E-state index in [0.717, 1.165) is 5.69 Å². The van der Waals surface area contributed by atoms with Gasteiger partial charge in [-0.25, -0.2) is 13.9 Å². The number of anilines is 1. The first-order valence-electron chi connectivity index (χ1n) is 8.78. The van der Waals surface area contributed by atoms with Gasteiger partial charge in [-0.15, -0.1) is 0 Å². The van der Waals surface area contributed by atoms with E-state index in [2.05, 4.69) is 15.1 Å². The number of nitrogens with zero attached hydrogens (tertiary/aromatic N) is 5. The number of benzene rings is 1. The summed E-state index contributed by atoms with van der Waals surface area (Å²) in [4.78, 5) is 34.4. The molecule has 0 N–H and O–H groups in total. The molecule has 146 valence electrons. The second-order valence-corrected chi connectivity index (χ2v) is 6.18. The topological polar surface area (TPSA) is 89.7 Å². The lowest BCUT2D eigenvalue weighted by atomic mass is 10.1. The second kappa shape index (κ2) is 8.12. The Labute approximate surface area is 161 Å². The van der Waals surface area contributed by atoms with E-state index in [1.807, 2.05) is 6.92 Å². The maximum Gasteiger partial charge on any atom is 0.310 e. The summed E-state index contributed by atoms with van der Waals surface area (Å²) < 4.78 is 19.8. The number of halogens is 1. The third-order valence-electron chi connectivity index (χ3n) is 4.42. The van der Waals surface area contributed by atoms with Crippen molar-refractivity contribution in [1.82, 2.24) is 19.6 Å². The van der Waals surface area contributed by atoms with Gasteiger partial charge in [0.25, 0.3) is 11.7 Å². The molecule has 0 aliphatic rings. The fraction of sp³-hybridized carbons (Fsp3) is 0.316. The zero-order valence-corrected chi connectivity index (χ0v) is 15.8. The maximum atomic E-state index is 13.1. The summed E-state index contributed by atoms with van der Waals surface area (Å²) in [5, 5.41) is 4.08. The molecular weight excluding hydrogens is 365 g/mol. The number of hydrogen-bond donors (Lipinski definition) is 0. The number of rotatable bonds is 6. The van der Waals surface area contributed by atoms with Crippen LogP contribution in [0.5, 0.6) is 0 Å². The van der Waals surface area contributed by atoms with Gasteiger partial charge in [0.05, 0.1) is 6.42 Å². The van der Waals surface area contributed by atoms with Crippen molar-refractivity contribution in [2.45, 2.75) is 27.2 Å². The van der Waals surface area contributed by atoms with Crippen LogP contribution in [0, 0.1) is 19.7 Å². The lowest BCUT2D eigenvalue weighted by molar-refractivity contribution is -0.147. The molecule has 0 saturated heterocycles. The van der Waals surface area contributed by atoms with Gasteiger partial charge in [0.1, 0.15) is 12.1 Å². The van der Waals surface area contributed by atoms with Crippen LogP contribution >= 0.6 is 0 Å². The predicted octanol–water partition coefficient (Wildman–Crippen LogP) is 2.02. The average molecular weight is 385 g/mol. The summed E-state index contributed by atoms with van der Waals surface area (Å²) in [6, 6.07) is 5.56. The van der Waals surface area contributed by atoms with Gasteiger partial charge < -0.3 is 9.64 Å². The van der Waals surface area contributed by atoms with E-state index in [4.69, 9.17) is 4.74 Å². The van der Waals surface area contributed by atoms with Gasteiger partial charge in [0, 0.05) is 29.2 Å². The highest BCUT2D eigenvalue weighted by Gasteiger charge is 2.19. The van der Waals surface area contributed by atoms with E-state index in [1.165, 1.54) is 35.5 Å². The molecule has 1 aromatic carbocycles. The fourth-order valence-corrected chi connectivity index (χ4v) is 2.95. The maximum absolute atomic E-state index is 13.1. The summed E-state index contributed by atoms with van der Waals surface area (Å²) in [7, 11) is 0. The molecule has 0 saturated carbocycles. The Morgan fingerprint density at radius 3 is 2.61 bits per heavy atom. The van der Waals surface area contributed by atoms with Crippen LogP contribution in [-0.4, -0.2) is 44.6 Å². The number of hydrogen-bond acceptors (Lipinski definition) is 6. The smallest absolute Gasteiger partial charge is 0.310 e. The second-order valence-electron chi connectivity index (χ2n) is 6.18. The third kappa shape index (κ3) is 3.98. The SMILES string of the molecule is CCN(C(=O)COC(=O)Cc1c(C)nc2ncnn2c1C)c1ccc(F)cc1. The number of aryl methyl sites for hydroxylation is 2. The van der Waals surface area contributed by atoms with Crippen LogP contribution in [-0.2, 0) is 20.7 Å². The van der Waals surface area contributed by atoms with Crippen molar-refractivity contribution in [3.63, 3.8) is 0 Å². The number of fused-ring (bicyclic) bond motifs is 1. The Kier molecular flexibility index (Phi) is 5.62. The number of carbonyl (C=O) groups excluding carboxylic acids is 2. The Balaban J connectivity index is 1.65. The Bertz CT molecular complexity index is 1020. The van der Waals surface area contributed by atoms with Gasteiger partial charge in [-0.2, -0.15) is 10.1 Å². The number of aromatic nitrogens is 4. The molecule has 3 rings (SSSR count). The predicted molar refractivity (Wildman–Crippen MR) is 99.3 cm³/mol. The molecule has 3 aromatic rings. The lowest BCUT2D eigenvalue weighted by Crippen LogP contribution is -2.34. The zero-order chi connectivity index (χ0) is 20.3. The minimum Gasteiger partial charge on any atom is -0.455 e. The quantitative estimate of drug-likeness (QED) is 0.603. The summed E-state index contributed by atoms with van der Waals surface area (Å²) in [5.74, 6) is -0.862. The van der Waals surface area contributed by atoms with Crippen molar-refractivity contribution in [2.24, 2.45) is 0 Å². The summed E-state index contributed by atoms with van der Waals surface area (Å²) in [5.41, 5.74) is 2.62. The van der Waals surface area contributed by atoms with Crippen molar-refractivity contribution < 1.29 is 18.7 Å². The van der Waals surface area contributed by atoms with Gasteiger partial charge >= 0.3 is 5.97 Å². The van der Waals surface area contributed by atoms with Crippen LogP contribution in [0.25, 0.3) is 5.78 Å². The van der Waals surface area contributed by atoms with Crippen LogP contribution in [0.2, 0.25) is 0 Å². The summed E-state index contributed by atoms with van der Waals surface area (Å²) in [6.45, 7) is 5.35. The van der Waals surface area contributed by atoms with E-state index in [9.17, 15) is 14.0 Å². The van der Waals surface area contributed by atoms with E-state index in [0.29, 0.717) is 29.3 Å². The highest BCUT2D eigenvalue weighted by molar-refractivity contribution is 5.95. The van der Waals surface area contributed by atoms with Crippen molar-refractivity contribution in [3.8, 4) is 0 Å². The minimum absolute atomic E-state index is 0.0313. The van der Waals surface area contributed by atoms with Gasteiger partial charge in [-0.1, -0.05) is 0 Å². The van der Waals surface area contributed by atoms with E-state index >= 15 is 0 Å². The van der Waals surface area contributed by atoms with Gasteiger partial charge in [0.2, 0.25) is 0 Å².